The van der Waals surface area contributed by atoms with E-state index in [4.69, 9.17) is 16.3 Å². The van der Waals surface area contributed by atoms with Crippen molar-refractivity contribution < 1.29 is 4.74 Å². The van der Waals surface area contributed by atoms with E-state index in [1.54, 1.807) is 0 Å². The lowest BCUT2D eigenvalue weighted by molar-refractivity contribution is 0.0759. The van der Waals surface area contributed by atoms with Gasteiger partial charge in [-0.1, -0.05) is 35.9 Å². The van der Waals surface area contributed by atoms with Crippen LogP contribution in [0.25, 0.3) is 0 Å². The Morgan fingerprint density at radius 1 is 1.15 bits per heavy atom. The molecule has 1 aliphatic rings. The zero-order chi connectivity index (χ0) is 14.2. The number of fused-ring (bicyclic) bond motifs is 1. The number of ether oxygens (including phenoxy) is 1. The van der Waals surface area contributed by atoms with Gasteiger partial charge in [-0.15, -0.1) is 0 Å². The fourth-order valence-corrected chi connectivity index (χ4v) is 2.90. The molecular weight excluding hydrogens is 270 g/mol. The Balaban J connectivity index is 1.93. The van der Waals surface area contributed by atoms with Gasteiger partial charge in [0, 0.05) is 22.7 Å². The second kappa shape index (κ2) is 5.02. The molecule has 1 aliphatic heterocycles. The van der Waals surface area contributed by atoms with Gasteiger partial charge >= 0.3 is 0 Å². The molecule has 3 heteroatoms. The molecule has 1 heterocycles. The van der Waals surface area contributed by atoms with Crippen LogP contribution in [-0.4, -0.2) is 5.60 Å². The first-order valence-corrected chi connectivity index (χ1v) is 7.21. The number of hydrogen-bond donors (Lipinski definition) is 1. The minimum Gasteiger partial charge on any atom is -0.487 e. The highest BCUT2D eigenvalue weighted by Gasteiger charge is 2.33. The van der Waals surface area contributed by atoms with Crippen LogP contribution < -0.4 is 10.1 Å². The van der Waals surface area contributed by atoms with Gasteiger partial charge in [0.1, 0.15) is 11.4 Å². The molecule has 0 bridgehead atoms. The maximum absolute atomic E-state index is 6.05. The van der Waals surface area contributed by atoms with E-state index in [9.17, 15) is 0 Å². The van der Waals surface area contributed by atoms with Crippen LogP contribution in [0.2, 0.25) is 5.02 Å². The SMILES string of the molecule is CC1(C)CC(Nc2cccc(Cl)c2)c2ccccc2O1. The van der Waals surface area contributed by atoms with Crippen LogP contribution in [0.15, 0.2) is 48.5 Å². The topological polar surface area (TPSA) is 21.3 Å². The molecule has 0 radical (unpaired) electrons. The van der Waals surface area contributed by atoms with Crippen molar-refractivity contribution >= 4 is 17.3 Å². The van der Waals surface area contributed by atoms with Crippen molar-refractivity contribution in [1.82, 2.24) is 0 Å². The van der Waals surface area contributed by atoms with Crippen LogP contribution in [0.4, 0.5) is 5.69 Å². The highest BCUT2D eigenvalue weighted by molar-refractivity contribution is 6.30. The quantitative estimate of drug-likeness (QED) is 0.834. The third-order valence-corrected chi connectivity index (χ3v) is 3.78. The van der Waals surface area contributed by atoms with E-state index in [-0.39, 0.29) is 11.6 Å². The van der Waals surface area contributed by atoms with Gasteiger partial charge in [0.25, 0.3) is 0 Å². The largest absolute Gasteiger partial charge is 0.487 e. The summed E-state index contributed by atoms with van der Waals surface area (Å²) in [5.74, 6) is 0.961. The molecule has 2 aromatic rings. The predicted molar refractivity (Wildman–Crippen MR) is 83.6 cm³/mol. The van der Waals surface area contributed by atoms with Crippen LogP contribution in [0.5, 0.6) is 5.75 Å². The maximum atomic E-state index is 6.05. The molecule has 3 rings (SSSR count). The lowest BCUT2D eigenvalue weighted by Gasteiger charge is -2.38. The first kappa shape index (κ1) is 13.3. The Hall–Kier alpha value is -1.67. The van der Waals surface area contributed by atoms with Gasteiger partial charge in [0.15, 0.2) is 0 Å². The second-order valence-corrected chi connectivity index (χ2v) is 6.25. The second-order valence-electron chi connectivity index (χ2n) is 5.81. The van der Waals surface area contributed by atoms with Crippen molar-refractivity contribution in [3.63, 3.8) is 0 Å². The maximum Gasteiger partial charge on any atom is 0.125 e. The van der Waals surface area contributed by atoms with Crippen LogP contribution in [0, 0.1) is 0 Å². The summed E-state index contributed by atoms with van der Waals surface area (Å²) in [5, 5.41) is 4.31. The van der Waals surface area contributed by atoms with Crippen LogP contribution in [0.1, 0.15) is 31.9 Å². The van der Waals surface area contributed by atoms with Crippen LogP contribution in [0.3, 0.4) is 0 Å². The molecule has 0 amide bonds. The van der Waals surface area contributed by atoms with Crippen molar-refractivity contribution in [3.8, 4) is 5.75 Å². The first-order chi connectivity index (χ1) is 9.53. The first-order valence-electron chi connectivity index (χ1n) is 6.84. The van der Waals surface area contributed by atoms with Crippen LogP contribution >= 0.6 is 11.6 Å². The number of anilines is 1. The summed E-state index contributed by atoms with van der Waals surface area (Å²) >= 11 is 6.05. The van der Waals surface area contributed by atoms with E-state index in [1.807, 2.05) is 42.5 Å². The molecule has 2 nitrogen and oxygen atoms in total. The van der Waals surface area contributed by atoms with Gasteiger partial charge in [0.05, 0.1) is 6.04 Å². The van der Waals surface area contributed by atoms with E-state index < -0.39 is 0 Å². The molecule has 1 N–H and O–H groups in total. The van der Waals surface area contributed by atoms with Crippen molar-refractivity contribution in [2.24, 2.45) is 0 Å². The Morgan fingerprint density at radius 3 is 2.75 bits per heavy atom. The molecule has 0 aromatic heterocycles. The molecule has 0 saturated carbocycles. The molecule has 0 spiro atoms. The Bertz CT molecular complexity index is 624. The monoisotopic (exact) mass is 287 g/mol. The third kappa shape index (κ3) is 2.75. The summed E-state index contributed by atoms with van der Waals surface area (Å²) in [6, 6.07) is 16.3. The number of para-hydroxylation sites is 1. The van der Waals surface area contributed by atoms with Gasteiger partial charge in [0.2, 0.25) is 0 Å². The Kier molecular flexibility index (Phi) is 3.35. The Morgan fingerprint density at radius 2 is 1.95 bits per heavy atom. The molecule has 0 saturated heterocycles. The normalized spacial score (nSPS) is 19.9. The average molecular weight is 288 g/mol. The molecule has 1 unspecified atom stereocenters. The average Bonchev–Trinajstić information content (AvgIpc) is 2.37. The summed E-state index contributed by atoms with van der Waals surface area (Å²) in [6.07, 6.45) is 0.913. The fraction of sp³-hybridized carbons (Fsp3) is 0.294. The fourth-order valence-electron chi connectivity index (χ4n) is 2.71. The lowest BCUT2D eigenvalue weighted by atomic mass is 9.89. The van der Waals surface area contributed by atoms with E-state index in [2.05, 4.69) is 25.2 Å². The van der Waals surface area contributed by atoms with Crippen molar-refractivity contribution in [1.29, 1.82) is 0 Å². The minimum absolute atomic E-state index is 0.176. The van der Waals surface area contributed by atoms with Gasteiger partial charge in [-0.25, -0.2) is 0 Å². The molecule has 0 fully saturated rings. The predicted octanol–water partition coefficient (Wildman–Crippen LogP) is 5.05. The summed E-state index contributed by atoms with van der Waals surface area (Å²) in [5.41, 5.74) is 2.06. The molecule has 20 heavy (non-hydrogen) atoms. The van der Waals surface area contributed by atoms with Crippen molar-refractivity contribution in [2.75, 3.05) is 5.32 Å². The Labute approximate surface area is 124 Å². The number of nitrogens with one attached hydrogen (secondary N) is 1. The van der Waals surface area contributed by atoms with Gasteiger partial charge in [-0.3, -0.25) is 0 Å². The standard InChI is InChI=1S/C17H18ClNO/c1-17(2)11-15(14-8-3-4-9-16(14)20-17)19-13-7-5-6-12(18)10-13/h3-10,15,19H,11H2,1-2H3. The highest BCUT2D eigenvalue weighted by Crippen LogP contribution is 2.40. The van der Waals surface area contributed by atoms with Gasteiger partial charge in [-0.2, -0.15) is 0 Å². The molecule has 1 atom stereocenters. The zero-order valence-electron chi connectivity index (χ0n) is 11.7. The van der Waals surface area contributed by atoms with Crippen LogP contribution in [-0.2, 0) is 0 Å². The molecule has 2 aromatic carbocycles. The van der Waals surface area contributed by atoms with E-state index in [0.29, 0.717) is 0 Å². The minimum atomic E-state index is -0.176. The lowest BCUT2D eigenvalue weighted by Crippen LogP contribution is -2.37. The summed E-state index contributed by atoms with van der Waals surface area (Å²) < 4.78 is 6.04. The molecular formula is C17H18ClNO. The van der Waals surface area contributed by atoms with E-state index in [1.165, 1.54) is 5.56 Å². The third-order valence-electron chi connectivity index (χ3n) is 3.54. The van der Waals surface area contributed by atoms with Crippen molar-refractivity contribution in [3.05, 3.63) is 59.1 Å². The van der Waals surface area contributed by atoms with Gasteiger partial charge < -0.3 is 10.1 Å². The number of hydrogen-bond acceptors (Lipinski definition) is 2. The zero-order valence-corrected chi connectivity index (χ0v) is 12.4. The number of rotatable bonds is 2. The van der Waals surface area contributed by atoms with E-state index >= 15 is 0 Å². The van der Waals surface area contributed by atoms with E-state index in [0.717, 1.165) is 22.9 Å². The highest BCUT2D eigenvalue weighted by atomic mass is 35.5. The summed E-state index contributed by atoms with van der Waals surface area (Å²) in [7, 11) is 0. The summed E-state index contributed by atoms with van der Waals surface area (Å²) in [4.78, 5) is 0. The number of benzene rings is 2. The number of halogens is 1. The van der Waals surface area contributed by atoms with Crippen molar-refractivity contribution in [2.45, 2.75) is 31.9 Å². The molecule has 104 valence electrons. The van der Waals surface area contributed by atoms with Gasteiger partial charge in [-0.05, 0) is 38.1 Å². The molecule has 0 aliphatic carbocycles. The smallest absolute Gasteiger partial charge is 0.125 e. The summed E-state index contributed by atoms with van der Waals surface area (Å²) in [6.45, 7) is 4.24.